The highest BCUT2D eigenvalue weighted by Gasteiger charge is 2.41. The topological polar surface area (TPSA) is 49.8 Å². The Balaban J connectivity index is 1.89. The van der Waals surface area contributed by atoms with Crippen LogP contribution >= 0.6 is 0 Å². The highest BCUT2D eigenvalue weighted by atomic mass is 16.5. The molecule has 2 rings (SSSR count). The van der Waals surface area contributed by atoms with Crippen molar-refractivity contribution in [2.75, 3.05) is 13.2 Å². The van der Waals surface area contributed by atoms with E-state index in [1.165, 1.54) is 0 Å². The summed E-state index contributed by atoms with van der Waals surface area (Å²) in [6.45, 7) is 5.00. The van der Waals surface area contributed by atoms with Crippen molar-refractivity contribution in [2.45, 2.75) is 57.7 Å². The van der Waals surface area contributed by atoms with Gasteiger partial charge in [-0.25, -0.2) is 0 Å². The second kappa shape index (κ2) is 5.36. The molecule has 17 heavy (non-hydrogen) atoms. The summed E-state index contributed by atoms with van der Waals surface area (Å²) in [7, 11) is 0. The Labute approximate surface area is 103 Å². The van der Waals surface area contributed by atoms with Crippen molar-refractivity contribution in [1.29, 1.82) is 0 Å². The number of hydrogen-bond acceptors (Lipinski definition) is 4. The summed E-state index contributed by atoms with van der Waals surface area (Å²) in [4.78, 5) is 14.0. The van der Waals surface area contributed by atoms with Gasteiger partial charge >= 0.3 is 5.97 Å². The summed E-state index contributed by atoms with van der Waals surface area (Å²) in [6.07, 6.45) is 3.92. The summed E-state index contributed by atoms with van der Waals surface area (Å²) in [5, 5.41) is 9.72. The molecule has 0 saturated carbocycles. The number of nitrogens with zero attached hydrogens (tertiary/aromatic N) is 1. The van der Waals surface area contributed by atoms with Crippen LogP contribution in [0.1, 0.15) is 39.5 Å². The summed E-state index contributed by atoms with van der Waals surface area (Å²) in [6, 6.07) is 0.946. The quantitative estimate of drug-likeness (QED) is 0.751. The minimum Gasteiger partial charge on any atom is -0.466 e. The van der Waals surface area contributed by atoms with E-state index in [-0.39, 0.29) is 18.0 Å². The summed E-state index contributed by atoms with van der Waals surface area (Å²) >= 11 is 0. The third kappa shape index (κ3) is 2.80. The fourth-order valence-corrected chi connectivity index (χ4v) is 3.22. The second-order valence-electron chi connectivity index (χ2n) is 5.36. The molecular weight excluding hydrogens is 218 g/mol. The van der Waals surface area contributed by atoms with E-state index in [9.17, 15) is 9.90 Å². The number of esters is 1. The largest absolute Gasteiger partial charge is 0.466 e. The van der Waals surface area contributed by atoms with Gasteiger partial charge in [-0.05, 0) is 32.6 Å². The Morgan fingerprint density at radius 2 is 2.00 bits per heavy atom. The number of carbonyl (C=O) groups is 1. The zero-order valence-electron chi connectivity index (χ0n) is 10.8. The monoisotopic (exact) mass is 241 g/mol. The first-order chi connectivity index (χ1) is 8.11. The van der Waals surface area contributed by atoms with Crippen molar-refractivity contribution in [3.8, 4) is 0 Å². The maximum Gasteiger partial charge on any atom is 0.309 e. The maximum atomic E-state index is 11.6. The molecule has 2 bridgehead atoms. The van der Waals surface area contributed by atoms with Crippen molar-refractivity contribution in [3.63, 3.8) is 0 Å². The van der Waals surface area contributed by atoms with Crippen LogP contribution < -0.4 is 0 Å². The first kappa shape index (κ1) is 12.8. The molecule has 2 aliphatic rings. The van der Waals surface area contributed by atoms with Crippen LogP contribution in [0.25, 0.3) is 0 Å². The molecule has 1 N–H and O–H groups in total. The lowest BCUT2D eigenvalue weighted by Gasteiger charge is -2.38. The van der Waals surface area contributed by atoms with Gasteiger partial charge in [0.05, 0.1) is 18.6 Å². The van der Waals surface area contributed by atoms with E-state index in [1.54, 1.807) is 0 Å². The standard InChI is InChI=1S/C13H23NO3/c1-3-17-13(16)9(2)8-14-10-4-5-11(14)7-12(15)6-10/h9-12,15H,3-8H2,1-2H3/t9-,10+,11+/m0/s1. The van der Waals surface area contributed by atoms with Gasteiger partial charge in [-0.15, -0.1) is 0 Å². The van der Waals surface area contributed by atoms with Crippen LogP contribution in [-0.2, 0) is 9.53 Å². The molecule has 3 atom stereocenters. The maximum absolute atomic E-state index is 11.6. The molecular formula is C13H23NO3. The molecule has 0 aliphatic carbocycles. The van der Waals surface area contributed by atoms with Gasteiger partial charge in [-0.1, -0.05) is 6.92 Å². The van der Waals surface area contributed by atoms with Crippen LogP contribution in [0, 0.1) is 5.92 Å². The first-order valence-corrected chi connectivity index (χ1v) is 6.72. The molecule has 2 aliphatic heterocycles. The third-order valence-electron chi connectivity index (χ3n) is 4.03. The molecule has 0 radical (unpaired) electrons. The van der Waals surface area contributed by atoms with Gasteiger partial charge in [-0.3, -0.25) is 9.69 Å². The van der Waals surface area contributed by atoms with Crippen LogP contribution in [0.5, 0.6) is 0 Å². The van der Waals surface area contributed by atoms with E-state index in [4.69, 9.17) is 4.74 Å². The number of hydrogen-bond donors (Lipinski definition) is 1. The number of carbonyl (C=O) groups excluding carboxylic acids is 1. The summed E-state index contributed by atoms with van der Waals surface area (Å²) < 4.78 is 5.04. The van der Waals surface area contributed by atoms with Crippen LogP contribution in [0.4, 0.5) is 0 Å². The Kier molecular flexibility index (Phi) is 4.05. The predicted molar refractivity (Wildman–Crippen MR) is 64.6 cm³/mol. The minimum atomic E-state index is -0.137. The van der Waals surface area contributed by atoms with E-state index >= 15 is 0 Å². The van der Waals surface area contributed by atoms with Crippen molar-refractivity contribution in [1.82, 2.24) is 4.90 Å². The Morgan fingerprint density at radius 1 is 1.41 bits per heavy atom. The molecule has 0 aromatic carbocycles. The molecule has 0 aromatic rings. The van der Waals surface area contributed by atoms with Crippen molar-refractivity contribution in [2.24, 2.45) is 5.92 Å². The van der Waals surface area contributed by atoms with Gasteiger partial charge in [0, 0.05) is 18.6 Å². The van der Waals surface area contributed by atoms with E-state index in [2.05, 4.69) is 4.90 Å². The molecule has 0 unspecified atom stereocenters. The molecule has 2 saturated heterocycles. The lowest BCUT2D eigenvalue weighted by molar-refractivity contribution is -0.148. The summed E-state index contributed by atoms with van der Waals surface area (Å²) in [5.41, 5.74) is 0. The molecule has 4 heteroatoms. The van der Waals surface area contributed by atoms with Crippen LogP contribution in [0.2, 0.25) is 0 Å². The molecule has 0 aromatic heterocycles. The lowest BCUT2D eigenvalue weighted by Crippen LogP contribution is -2.47. The van der Waals surface area contributed by atoms with E-state index < -0.39 is 0 Å². The molecule has 98 valence electrons. The van der Waals surface area contributed by atoms with E-state index in [0.717, 1.165) is 32.2 Å². The molecule has 0 spiro atoms. The number of aliphatic hydroxyl groups excluding tert-OH is 1. The van der Waals surface area contributed by atoms with Gasteiger partial charge < -0.3 is 9.84 Å². The number of piperidine rings is 1. The van der Waals surface area contributed by atoms with E-state index in [1.807, 2.05) is 13.8 Å². The van der Waals surface area contributed by atoms with Gasteiger partial charge in [0.1, 0.15) is 0 Å². The summed E-state index contributed by atoms with van der Waals surface area (Å²) in [5.74, 6) is -0.161. The van der Waals surface area contributed by atoms with Gasteiger partial charge in [0.15, 0.2) is 0 Å². The van der Waals surface area contributed by atoms with Crippen LogP contribution in [0.15, 0.2) is 0 Å². The lowest BCUT2D eigenvalue weighted by atomic mass is 9.98. The molecule has 2 fully saturated rings. The van der Waals surface area contributed by atoms with Gasteiger partial charge in [0.25, 0.3) is 0 Å². The molecule has 2 heterocycles. The normalized spacial score (nSPS) is 34.6. The minimum absolute atomic E-state index is 0.0618. The predicted octanol–water partition coefficient (Wildman–Crippen LogP) is 1.17. The van der Waals surface area contributed by atoms with Gasteiger partial charge in [0.2, 0.25) is 0 Å². The second-order valence-corrected chi connectivity index (χ2v) is 5.36. The van der Waals surface area contributed by atoms with Gasteiger partial charge in [-0.2, -0.15) is 0 Å². The Morgan fingerprint density at radius 3 is 2.53 bits per heavy atom. The average molecular weight is 241 g/mol. The SMILES string of the molecule is CCOC(=O)[C@@H](C)CN1[C@@H]2CC[C@@H]1CC(O)C2. The zero-order chi connectivity index (χ0) is 12.4. The van der Waals surface area contributed by atoms with Crippen LogP contribution in [0.3, 0.4) is 0 Å². The Bertz CT molecular complexity index is 268. The van der Waals surface area contributed by atoms with Crippen LogP contribution in [-0.4, -0.2) is 47.3 Å². The average Bonchev–Trinajstić information content (AvgIpc) is 2.52. The highest BCUT2D eigenvalue weighted by Crippen LogP contribution is 2.36. The number of rotatable bonds is 4. The Hall–Kier alpha value is -0.610. The molecule has 4 nitrogen and oxygen atoms in total. The highest BCUT2D eigenvalue weighted by molar-refractivity contribution is 5.72. The number of aliphatic hydroxyl groups is 1. The fourth-order valence-electron chi connectivity index (χ4n) is 3.22. The van der Waals surface area contributed by atoms with Crippen molar-refractivity contribution >= 4 is 5.97 Å². The van der Waals surface area contributed by atoms with Crippen molar-refractivity contribution in [3.05, 3.63) is 0 Å². The third-order valence-corrected chi connectivity index (χ3v) is 4.03. The van der Waals surface area contributed by atoms with E-state index in [0.29, 0.717) is 18.7 Å². The van der Waals surface area contributed by atoms with Crippen molar-refractivity contribution < 1.29 is 14.6 Å². The zero-order valence-corrected chi connectivity index (χ0v) is 10.8. The molecule has 0 amide bonds. The fraction of sp³-hybridized carbons (Fsp3) is 0.923. The number of ether oxygens (including phenoxy) is 1. The number of fused-ring (bicyclic) bond motifs is 2. The first-order valence-electron chi connectivity index (χ1n) is 6.72. The smallest absolute Gasteiger partial charge is 0.309 e.